The molecule has 0 aliphatic heterocycles. The number of hydrogen-bond donors (Lipinski definition) is 2. The summed E-state index contributed by atoms with van der Waals surface area (Å²) in [6, 6.07) is 8.35. The molecule has 1 aromatic rings. The van der Waals surface area contributed by atoms with Crippen LogP contribution in [0.15, 0.2) is 24.3 Å². The maximum atomic E-state index is 9.75. The minimum Gasteiger partial charge on any atom is -0.396 e. The first-order valence-electron chi connectivity index (χ1n) is 7.28. The lowest BCUT2D eigenvalue weighted by Crippen LogP contribution is -2.35. The Bertz CT molecular complexity index is 397. The van der Waals surface area contributed by atoms with Crippen LogP contribution in [0.4, 0.5) is 11.4 Å². The van der Waals surface area contributed by atoms with Gasteiger partial charge in [0.05, 0.1) is 18.0 Å². The molecule has 19 heavy (non-hydrogen) atoms. The van der Waals surface area contributed by atoms with Gasteiger partial charge in [0.1, 0.15) is 0 Å². The molecule has 106 valence electrons. The fraction of sp³-hybridized carbons (Fsp3) is 0.625. The number of aliphatic hydroxyl groups is 1. The maximum Gasteiger partial charge on any atom is 0.0596 e. The predicted molar refractivity (Wildman–Crippen MR) is 81.9 cm³/mol. The van der Waals surface area contributed by atoms with Crippen LogP contribution in [0.3, 0.4) is 0 Å². The van der Waals surface area contributed by atoms with Gasteiger partial charge in [0, 0.05) is 26.1 Å². The van der Waals surface area contributed by atoms with Gasteiger partial charge in [0.15, 0.2) is 0 Å². The van der Waals surface area contributed by atoms with Crippen molar-refractivity contribution in [1.29, 1.82) is 0 Å². The van der Waals surface area contributed by atoms with Gasteiger partial charge < -0.3 is 15.3 Å². The Hall–Kier alpha value is -1.22. The zero-order chi connectivity index (χ0) is 13.7. The summed E-state index contributed by atoms with van der Waals surface area (Å²) in [4.78, 5) is 2.12. The van der Waals surface area contributed by atoms with Crippen LogP contribution in [0.2, 0.25) is 0 Å². The Balaban J connectivity index is 2.05. The molecule has 0 unspecified atom stereocenters. The van der Waals surface area contributed by atoms with E-state index in [0.29, 0.717) is 6.61 Å². The number of nitrogens with zero attached hydrogens (tertiary/aromatic N) is 1. The number of anilines is 2. The van der Waals surface area contributed by atoms with E-state index >= 15 is 0 Å². The second-order valence-electron chi connectivity index (χ2n) is 5.98. The fourth-order valence-corrected chi connectivity index (χ4v) is 2.99. The normalized spacial score (nSPS) is 18.1. The van der Waals surface area contributed by atoms with Crippen molar-refractivity contribution >= 4 is 11.4 Å². The molecule has 0 atom stereocenters. The smallest absolute Gasteiger partial charge is 0.0596 e. The van der Waals surface area contributed by atoms with Crippen LogP contribution in [-0.2, 0) is 0 Å². The molecule has 1 fully saturated rings. The van der Waals surface area contributed by atoms with E-state index in [1.165, 1.54) is 24.9 Å². The molecule has 1 aromatic carbocycles. The van der Waals surface area contributed by atoms with E-state index in [1.54, 1.807) is 0 Å². The van der Waals surface area contributed by atoms with Crippen molar-refractivity contribution in [2.24, 2.45) is 5.41 Å². The number of hydrogen-bond acceptors (Lipinski definition) is 3. The highest BCUT2D eigenvalue weighted by Crippen LogP contribution is 2.36. The van der Waals surface area contributed by atoms with E-state index in [2.05, 4.69) is 48.6 Å². The minimum atomic E-state index is 0.0810. The summed E-state index contributed by atoms with van der Waals surface area (Å²) >= 11 is 0. The third kappa shape index (κ3) is 3.41. The van der Waals surface area contributed by atoms with Crippen LogP contribution in [0.5, 0.6) is 0 Å². The molecular formula is C16H26N2O. The Labute approximate surface area is 116 Å². The third-order valence-electron chi connectivity index (χ3n) is 4.29. The van der Waals surface area contributed by atoms with Crippen LogP contribution in [0.1, 0.15) is 32.1 Å². The predicted octanol–water partition coefficient (Wildman–Crippen LogP) is 3.11. The van der Waals surface area contributed by atoms with Gasteiger partial charge >= 0.3 is 0 Å². The molecule has 2 N–H and O–H groups in total. The van der Waals surface area contributed by atoms with Crippen LogP contribution in [0.25, 0.3) is 0 Å². The molecule has 0 radical (unpaired) electrons. The van der Waals surface area contributed by atoms with Gasteiger partial charge in [-0.15, -0.1) is 0 Å². The Kier molecular flexibility index (Phi) is 4.70. The molecule has 0 spiro atoms. The lowest BCUT2D eigenvalue weighted by Gasteiger charge is -2.36. The van der Waals surface area contributed by atoms with Crippen molar-refractivity contribution < 1.29 is 5.11 Å². The van der Waals surface area contributed by atoms with E-state index in [1.807, 2.05) is 0 Å². The Morgan fingerprint density at radius 2 is 1.84 bits per heavy atom. The first kappa shape index (κ1) is 14.2. The molecule has 3 nitrogen and oxygen atoms in total. The number of rotatable bonds is 5. The molecule has 3 heteroatoms. The number of benzene rings is 1. The molecule has 2 rings (SSSR count). The first-order valence-corrected chi connectivity index (χ1v) is 7.28. The standard InChI is InChI=1S/C16H26N2O/c1-18(2)15-9-5-4-8-14(15)17-12-16(13-19)10-6-3-7-11-16/h4-5,8-9,17,19H,3,6-7,10-13H2,1-2H3. The maximum absolute atomic E-state index is 9.75. The first-order chi connectivity index (χ1) is 9.17. The summed E-state index contributed by atoms with van der Waals surface area (Å²) in [7, 11) is 4.12. The Morgan fingerprint density at radius 3 is 2.47 bits per heavy atom. The highest BCUT2D eigenvalue weighted by molar-refractivity contribution is 5.69. The SMILES string of the molecule is CN(C)c1ccccc1NCC1(CO)CCCCC1. The van der Waals surface area contributed by atoms with E-state index in [-0.39, 0.29) is 5.41 Å². The lowest BCUT2D eigenvalue weighted by atomic mass is 9.74. The molecule has 1 aliphatic rings. The number of nitrogens with one attached hydrogen (secondary N) is 1. The molecule has 0 bridgehead atoms. The number of para-hydroxylation sites is 2. The molecule has 1 aliphatic carbocycles. The van der Waals surface area contributed by atoms with Gasteiger partial charge in [-0.25, -0.2) is 0 Å². The van der Waals surface area contributed by atoms with Crippen LogP contribution in [0, 0.1) is 5.41 Å². The lowest BCUT2D eigenvalue weighted by molar-refractivity contribution is 0.0944. The van der Waals surface area contributed by atoms with Gasteiger partial charge in [0.25, 0.3) is 0 Å². The third-order valence-corrected chi connectivity index (χ3v) is 4.29. The largest absolute Gasteiger partial charge is 0.396 e. The van der Waals surface area contributed by atoms with Crippen molar-refractivity contribution in [2.75, 3.05) is 37.5 Å². The molecule has 0 heterocycles. The van der Waals surface area contributed by atoms with Crippen molar-refractivity contribution in [1.82, 2.24) is 0 Å². The molecule has 0 amide bonds. The van der Waals surface area contributed by atoms with Crippen LogP contribution >= 0.6 is 0 Å². The summed E-state index contributed by atoms with van der Waals surface area (Å²) in [5.74, 6) is 0. The van der Waals surface area contributed by atoms with Gasteiger partial charge in [0.2, 0.25) is 0 Å². The van der Waals surface area contributed by atoms with Crippen molar-refractivity contribution in [3.63, 3.8) is 0 Å². The van der Waals surface area contributed by atoms with E-state index < -0.39 is 0 Å². The van der Waals surface area contributed by atoms with Crippen molar-refractivity contribution in [3.8, 4) is 0 Å². The minimum absolute atomic E-state index is 0.0810. The zero-order valence-electron chi connectivity index (χ0n) is 12.2. The van der Waals surface area contributed by atoms with Gasteiger partial charge in [-0.05, 0) is 25.0 Å². The topological polar surface area (TPSA) is 35.5 Å². The molecule has 0 aromatic heterocycles. The summed E-state index contributed by atoms with van der Waals surface area (Å²) in [5.41, 5.74) is 2.44. The molecule has 0 saturated heterocycles. The number of aliphatic hydroxyl groups excluding tert-OH is 1. The second-order valence-corrected chi connectivity index (χ2v) is 5.98. The van der Waals surface area contributed by atoms with Gasteiger partial charge in [-0.1, -0.05) is 31.4 Å². The van der Waals surface area contributed by atoms with Gasteiger partial charge in [-0.3, -0.25) is 0 Å². The quantitative estimate of drug-likeness (QED) is 0.856. The average molecular weight is 262 g/mol. The summed E-state index contributed by atoms with van der Waals surface area (Å²) < 4.78 is 0. The van der Waals surface area contributed by atoms with Crippen molar-refractivity contribution in [3.05, 3.63) is 24.3 Å². The van der Waals surface area contributed by atoms with E-state index in [9.17, 15) is 5.11 Å². The monoisotopic (exact) mass is 262 g/mol. The molecular weight excluding hydrogens is 236 g/mol. The van der Waals surface area contributed by atoms with E-state index in [4.69, 9.17) is 0 Å². The van der Waals surface area contributed by atoms with Crippen molar-refractivity contribution in [2.45, 2.75) is 32.1 Å². The van der Waals surface area contributed by atoms with E-state index in [0.717, 1.165) is 25.1 Å². The summed E-state index contributed by atoms with van der Waals surface area (Å²) in [6.07, 6.45) is 6.09. The molecule has 1 saturated carbocycles. The fourth-order valence-electron chi connectivity index (χ4n) is 2.99. The van der Waals surface area contributed by atoms with Crippen LogP contribution in [-0.4, -0.2) is 32.4 Å². The second kappa shape index (κ2) is 6.29. The van der Waals surface area contributed by atoms with Gasteiger partial charge in [-0.2, -0.15) is 0 Å². The van der Waals surface area contributed by atoms with Crippen LogP contribution < -0.4 is 10.2 Å². The average Bonchev–Trinajstić information content (AvgIpc) is 2.46. The Morgan fingerprint density at radius 1 is 1.16 bits per heavy atom. The highest BCUT2D eigenvalue weighted by atomic mass is 16.3. The summed E-state index contributed by atoms with van der Waals surface area (Å²) in [5, 5.41) is 13.3. The zero-order valence-corrected chi connectivity index (χ0v) is 12.2. The summed E-state index contributed by atoms with van der Waals surface area (Å²) in [6.45, 7) is 1.17. The highest BCUT2D eigenvalue weighted by Gasteiger charge is 2.31.